The van der Waals surface area contributed by atoms with Gasteiger partial charge in [0.05, 0.1) is 5.52 Å². The Labute approximate surface area is 110 Å². The Bertz CT molecular complexity index is 555. The zero-order chi connectivity index (χ0) is 12.0. The molecule has 0 aromatic carbocycles. The third-order valence-electron chi connectivity index (χ3n) is 3.60. The van der Waals surface area contributed by atoms with Gasteiger partial charge in [-0.05, 0) is 40.9 Å². The van der Waals surface area contributed by atoms with Gasteiger partial charge in [0.2, 0.25) is 0 Å². The van der Waals surface area contributed by atoms with Gasteiger partial charge in [0.15, 0.2) is 0 Å². The number of aromatic nitrogens is 2. The Balaban J connectivity index is 2.14. The van der Waals surface area contributed by atoms with E-state index in [9.17, 15) is 0 Å². The van der Waals surface area contributed by atoms with Gasteiger partial charge in [-0.2, -0.15) is 0 Å². The predicted molar refractivity (Wildman–Crippen MR) is 73.8 cm³/mol. The van der Waals surface area contributed by atoms with E-state index in [0.717, 1.165) is 10.1 Å². The van der Waals surface area contributed by atoms with Crippen LogP contribution >= 0.6 is 15.9 Å². The summed E-state index contributed by atoms with van der Waals surface area (Å²) in [5, 5.41) is 0. The molecule has 0 aliphatic heterocycles. The van der Waals surface area contributed by atoms with Crippen molar-refractivity contribution in [2.75, 3.05) is 19.0 Å². The molecule has 1 saturated carbocycles. The van der Waals surface area contributed by atoms with Crippen LogP contribution in [-0.4, -0.2) is 23.5 Å². The van der Waals surface area contributed by atoms with Crippen molar-refractivity contribution in [3.8, 4) is 0 Å². The first-order valence-electron chi connectivity index (χ1n) is 6.01. The number of anilines is 1. The SMILES string of the molecule is CN(C)c1ccn2c(C3CCC3)nc(Br)c2c1. The van der Waals surface area contributed by atoms with E-state index >= 15 is 0 Å². The first kappa shape index (κ1) is 11.1. The van der Waals surface area contributed by atoms with Crippen LogP contribution < -0.4 is 4.90 Å². The maximum atomic E-state index is 4.67. The summed E-state index contributed by atoms with van der Waals surface area (Å²) in [5.41, 5.74) is 2.37. The fourth-order valence-electron chi connectivity index (χ4n) is 2.29. The molecule has 2 heterocycles. The highest BCUT2D eigenvalue weighted by Crippen LogP contribution is 2.37. The molecule has 17 heavy (non-hydrogen) atoms. The van der Waals surface area contributed by atoms with E-state index < -0.39 is 0 Å². The predicted octanol–water partition coefficient (Wildman–Crippen LogP) is 3.43. The van der Waals surface area contributed by atoms with Crippen LogP contribution in [0.25, 0.3) is 5.52 Å². The highest BCUT2D eigenvalue weighted by molar-refractivity contribution is 9.10. The van der Waals surface area contributed by atoms with Gasteiger partial charge in [-0.1, -0.05) is 6.42 Å². The summed E-state index contributed by atoms with van der Waals surface area (Å²) >= 11 is 3.57. The van der Waals surface area contributed by atoms with Gasteiger partial charge in [-0.15, -0.1) is 0 Å². The van der Waals surface area contributed by atoms with Crippen molar-refractivity contribution in [2.24, 2.45) is 0 Å². The summed E-state index contributed by atoms with van der Waals surface area (Å²) in [6, 6.07) is 4.32. The number of halogens is 1. The molecule has 0 saturated heterocycles. The second kappa shape index (κ2) is 4.02. The van der Waals surface area contributed by atoms with Crippen molar-refractivity contribution in [3.63, 3.8) is 0 Å². The van der Waals surface area contributed by atoms with Crippen molar-refractivity contribution in [3.05, 3.63) is 28.8 Å². The van der Waals surface area contributed by atoms with Crippen molar-refractivity contribution >= 4 is 27.1 Å². The van der Waals surface area contributed by atoms with Crippen LogP contribution in [0.3, 0.4) is 0 Å². The Morgan fingerprint density at radius 3 is 2.76 bits per heavy atom. The van der Waals surface area contributed by atoms with Crippen molar-refractivity contribution in [2.45, 2.75) is 25.2 Å². The lowest BCUT2D eigenvalue weighted by atomic mass is 9.85. The Kier molecular flexibility index (Phi) is 2.62. The number of pyridine rings is 1. The number of fused-ring (bicyclic) bond motifs is 1. The van der Waals surface area contributed by atoms with E-state index in [1.54, 1.807) is 0 Å². The smallest absolute Gasteiger partial charge is 0.132 e. The van der Waals surface area contributed by atoms with E-state index in [1.807, 2.05) is 0 Å². The number of nitrogens with zero attached hydrogens (tertiary/aromatic N) is 3. The van der Waals surface area contributed by atoms with Gasteiger partial charge in [0.25, 0.3) is 0 Å². The fraction of sp³-hybridized carbons (Fsp3) is 0.462. The average Bonchev–Trinajstić information content (AvgIpc) is 2.54. The topological polar surface area (TPSA) is 20.5 Å². The lowest BCUT2D eigenvalue weighted by Crippen LogP contribution is -2.13. The van der Waals surface area contributed by atoms with Gasteiger partial charge in [0.1, 0.15) is 10.4 Å². The van der Waals surface area contributed by atoms with E-state index in [-0.39, 0.29) is 0 Å². The molecular formula is C13H16BrN3. The first-order valence-corrected chi connectivity index (χ1v) is 6.81. The van der Waals surface area contributed by atoms with Crippen LogP contribution in [0.5, 0.6) is 0 Å². The zero-order valence-electron chi connectivity index (χ0n) is 10.2. The number of imidazole rings is 1. The Morgan fingerprint density at radius 1 is 1.41 bits per heavy atom. The summed E-state index contributed by atoms with van der Waals surface area (Å²) in [7, 11) is 4.12. The molecule has 0 spiro atoms. The standard InChI is InChI=1S/C13H16BrN3/c1-16(2)10-6-7-17-11(8-10)12(14)15-13(17)9-4-3-5-9/h6-9H,3-5H2,1-2H3. The molecule has 2 aromatic heterocycles. The third-order valence-corrected chi connectivity index (χ3v) is 4.18. The van der Waals surface area contributed by atoms with E-state index in [1.165, 1.54) is 30.8 Å². The normalized spacial score (nSPS) is 16.2. The summed E-state index contributed by atoms with van der Waals surface area (Å²) in [6.07, 6.45) is 6.03. The second-order valence-corrected chi connectivity index (χ2v) is 5.67. The van der Waals surface area contributed by atoms with Crippen LogP contribution in [-0.2, 0) is 0 Å². The summed E-state index contributed by atoms with van der Waals surface area (Å²) in [4.78, 5) is 6.79. The molecule has 1 fully saturated rings. The van der Waals surface area contributed by atoms with E-state index in [0.29, 0.717) is 5.92 Å². The van der Waals surface area contributed by atoms with Crippen LogP contribution in [0.15, 0.2) is 22.9 Å². The molecule has 2 aromatic rings. The molecule has 1 aliphatic rings. The molecule has 0 amide bonds. The lowest BCUT2D eigenvalue weighted by molar-refractivity contribution is 0.400. The van der Waals surface area contributed by atoms with Crippen molar-refractivity contribution in [1.82, 2.24) is 9.38 Å². The maximum absolute atomic E-state index is 4.67. The van der Waals surface area contributed by atoms with Gasteiger partial charge in [-0.25, -0.2) is 4.98 Å². The molecule has 0 bridgehead atoms. The van der Waals surface area contributed by atoms with E-state index in [2.05, 4.69) is 62.6 Å². The van der Waals surface area contributed by atoms with Gasteiger partial charge in [0, 0.05) is 31.9 Å². The summed E-state index contributed by atoms with van der Waals surface area (Å²) in [5.74, 6) is 1.86. The minimum atomic E-state index is 0.652. The quantitative estimate of drug-likeness (QED) is 0.846. The third kappa shape index (κ3) is 1.75. The summed E-state index contributed by atoms with van der Waals surface area (Å²) < 4.78 is 3.18. The maximum Gasteiger partial charge on any atom is 0.132 e. The lowest BCUT2D eigenvalue weighted by Gasteiger charge is -2.24. The van der Waals surface area contributed by atoms with Crippen LogP contribution in [0.2, 0.25) is 0 Å². The Hall–Kier alpha value is -1.03. The molecule has 0 atom stereocenters. The van der Waals surface area contributed by atoms with Gasteiger partial charge in [-0.3, -0.25) is 0 Å². The summed E-state index contributed by atoms with van der Waals surface area (Å²) in [6.45, 7) is 0. The molecule has 3 nitrogen and oxygen atoms in total. The molecule has 3 rings (SSSR count). The first-order chi connectivity index (χ1) is 8.16. The fourth-order valence-corrected chi connectivity index (χ4v) is 2.78. The largest absolute Gasteiger partial charge is 0.378 e. The highest BCUT2D eigenvalue weighted by atomic mass is 79.9. The highest BCUT2D eigenvalue weighted by Gasteiger charge is 2.25. The van der Waals surface area contributed by atoms with Crippen molar-refractivity contribution < 1.29 is 0 Å². The van der Waals surface area contributed by atoms with Crippen molar-refractivity contribution in [1.29, 1.82) is 0 Å². The number of hydrogen-bond acceptors (Lipinski definition) is 2. The Morgan fingerprint density at radius 2 is 2.18 bits per heavy atom. The van der Waals surface area contributed by atoms with Crippen LogP contribution in [0.1, 0.15) is 31.0 Å². The minimum Gasteiger partial charge on any atom is -0.378 e. The zero-order valence-corrected chi connectivity index (χ0v) is 11.7. The van der Waals surface area contributed by atoms with Crippen LogP contribution in [0.4, 0.5) is 5.69 Å². The molecule has 0 N–H and O–H groups in total. The van der Waals surface area contributed by atoms with Gasteiger partial charge >= 0.3 is 0 Å². The van der Waals surface area contributed by atoms with Gasteiger partial charge < -0.3 is 9.30 Å². The molecule has 0 unspecified atom stereocenters. The average molecular weight is 294 g/mol. The molecule has 1 aliphatic carbocycles. The molecule has 4 heteroatoms. The van der Waals surface area contributed by atoms with E-state index in [4.69, 9.17) is 0 Å². The monoisotopic (exact) mass is 293 g/mol. The molecule has 0 radical (unpaired) electrons. The second-order valence-electron chi connectivity index (χ2n) is 4.92. The molecule has 90 valence electrons. The minimum absolute atomic E-state index is 0.652. The molecular weight excluding hydrogens is 278 g/mol. The number of hydrogen-bond donors (Lipinski definition) is 0. The number of rotatable bonds is 2. The van der Waals surface area contributed by atoms with Crippen LogP contribution in [0, 0.1) is 0 Å².